The summed E-state index contributed by atoms with van der Waals surface area (Å²) in [6.07, 6.45) is 0. The molecule has 0 aliphatic heterocycles. The van der Waals surface area contributed by atoms with Crippen LogP contribution in [0.5, 0.6) is 11.5 Å². The van der Waals surface area contributed by atoms with E-state index in [9.17, 15) is 0 Å². The lowest BCUT2D eigenvalue weighted by Crippen LogP contribution is -1.86. The third kappa shape index (κ3) is 3.45. The van der Waals surface area contributed by atoms with Gasteiger partial charge in [-0.25, -0.2) is 0 Å². The van der Waals surface area contributed by atoms with E-state index in [1.165, 1.54) is 11.1 Å². The Morgan fingerprint density at radius 2 is 1.38 bits per heavy atom. The minimum absolute atomic E-state index is 0.490. The van der Waals surface area contributed by atoms with Crippen LogP contribution in [-0.2, 0) is 5.88 Å². The van der Waals surface area contributed by atoms with Gasteiger partial charge in [0.15, 0.2) is 0 Å². The van der Waals surface area contributed by atoms with Gasteiger partial charge in [-0.1, -0.05) is 54.6 Å². The van der Waals surface area contributed by atoms with E-state index in [2.05, 4.69) is 24.3 Å². The van der Waals surface area contributed by atoms with Crippen LogP contribution in [0.3, 0.4) is 0 Å². The molecule has 3 rings (SSSR count). The monoisotopic (exact) mass is 294 g/mol. The maximum Gasteiger partial charge on any atom is 0.127 e. The minimum atomic E-state index is 0.490. The van der Waals surface area contributed by atoms with Crippen molar-refractivity contribution in [3.05, 3.63) is 84.4 Å². The number of hydrogen-bond acceptors (Lipinski definition) is 1. The Balaban J connectivity index is 1.78. The first-order valence-electron chi connectivity index (χ1n) is 6.83. The fourth-order valence-corrected chi connectivity index (χ4v) is 2.34. The highest BCUT2D eigenvalue weighted by molar-refractivity contribution is 6.17. The van der Waals surface area contributed by atoms with Gasteiger partial charge >= 0.3 is 0 Å². The Morgan fingerprint density at radius 3 is 2.10 bits per heavy atom. The highest BCUT2D eigenvalue weighted by Crippen LogP contribution is 2.26. The van der Waals surface area contributed by atoms with Gasteiger partial charge in [-0.2, -0.15) is 0 Å². The maximum atomic E-state index is 5.85. The molecule has 1 nitrogen and oxygen atoms in total. The summed E-state index contributed by atoms with van der Waals surface area (Å²) in [5.74, 6) is 2.12. The van der Waals surface area contributed by atoms with Crippen molar-refractivity contribution in [3.8, 4) is 22.6 Å². The van der Waals surface area contributed by atoms with Gasteiger partial charge in [-0.3, -0.25) is 0 Å². The molecule has 0 unspecified atom stereocenters. The van der Waals surface area contributed by atoms with Crippen LogP contribution in [0.1, 0.15) is 5.56 Å². The summed E-state index contributed by atoms with van der Waals surface area (Å²) in [5, 5.41) is 0. The van der Waals surface area contributed by atoms with Gasteiger partial charge in [0.1, 0.15) is 11.5 Å². The number of halogens is 1. The third-order valence-corrected chi connectivity index (χ3v) is 3.56. The zero-order chi connectivity index (χ0) is 14.5. The van der Waals surface area contributed by atoms with Gasteiger partial charge in [0.25, 0.3) is 0 Å². The van der Waals surface area contributed by atoms with E-state index in [4.69, 9.17) is 16.3 Å². The first-order chi connectivity index (χ1) is 10.3. The number of benzene rings is 3. The molecule has 3 aromatic rings. The average Bonchev–Trinajstić information content (AvgIpc) is 2.56. The van der Waals surface area contributed by atoms with Gasteiger partial charge in [0.05, 0.1) is 0 Å². The first kappa shape index (κ1) is 13.7. The van der Waals surface area contributed by atoms with E-state index in [1.807, 2.05) is 54.6 Å². The fraction of sp³-hybridized carbons (Fsp3) is 0.0526. The molecule has 0 N–H and O–H groups in total. The van der Waals surface area contributed by atoms with Crippen molar-refractivity contribution in [2.75, 3.05) is 0 Å². The second-order valence-corrected chi connectivity index (χ2v) is 5.04. The smallest absolute Gasteiger partial charge is 0.127 e. The van der Waals surface area contributed by atoms with Crippen molar-refractivity contribution in [1.82, 2.24) is 0 Å². The Kier molecular flexibility index (Phi) is 4.23. The number of rotatable bonds is 4. The fourth-order valence-electron chi connectivity index (χ4n) is 2.17. The maximum absolute atomic E-state index is 5.85. The molecule has 0 bridgehead atoms. The van der Waals surface area contributed by atoms with E-state index in [0.717, 1.165) is 17.1 Å². The second kappa shape index (κ2) is 6.47. The van der Waals surface area contributed by atoms with Gasteiger partial charge < -0.3 is 4.74 Å². The van der Waals surface area contributed by atoms with Crippen LogP contribution >= 0.6 is 11.6 Å². The van der Waals surface area contributed by atoms with Gasteiger partial charge in [-0.15, -0.1) is 11.6 Å². The summed E-state index contributed by atoms with van der Waals surface area (Å²) in [5.41, 5.74) is 3.43. The number of alkyl halides is 1. The van der Waals surface area contributed by atoms with Crippen LogP contribution in [0.25, 0.3) is 11.1 Å². The van der Waals surface area contributed by atoms with E-state index in [1.54, 1.807) is 0 Å². The number of ether oxygens (including phenoxy) is 1. The Bertz CT molecular complexity index is 705. The molecule has 0 radical (unpaired) electrons. The highest BCUT2D eigenvalue weighted by Gasteiger charge is 2.00. The van der Waals surface area contributed by atoms with E-state index in [-0.39, 0.29) is 0 Å². The van der Waals surface area contributed by atoms with Gasteiger partial charge in [0.2, 0.25) is 0 Å². The average molecular weight is 295 g/mol. The van der Waals surface area contributed by atoms with E-state index < -0.39 is 0 Å². The lowest BCUT2D eigenvalue weighted by Gasteiger charge is -2.08. The third-order valence-electron chi connectivity index (χ3n) is 3.25. The summed E-state index contributed by atoms with van der Waals surface area (Å²) in [4.78, 5) is 0. The molecule has 0 atom stereocenters. The molecule has 0 saturated heterocycles. The molecule has 0 heterocycles. The van der Waals surface area contributed by atoms with Crippen molar-refractivity contribution in [1.29, 1.82) is 0 Å². The predicted molar refractivity (Wildman–Crippen MR) is 88.0 cm³/mol. The lowest BCUT2D eigenvalue weighted by molar-refractivity contribution is 0.482. The lowest BCUT2D eigenvalue weighted by atomic mass is 10.1. The van der Waals surface area contributed by atoms with Crippen molar-refractivity contribution in [2.24, 2.45) is 0 Å². The topological polar surface area (TPSA) is 9.23 Å². The van der Waals surface area contributed by atoms with Crippen LogP contribution in [0.2, 0.25) is 0 Å². The highest BCUT2D eigenvalue weighted by atomic mass is 35.5. The molecule has 104 valence electrons. The van der Waals surface area contributed by atoms with Crippen LogP contribution < -0.4 is 4.74 Å². The van der Waals surface area contributed by atoms with Crippen molar-refractivity contribution in [2.45, 2.75) is 5.88 Å². The summed E-state index contributed by atoms with van der Waals surface area (Å²) in [6, 6.07) is 26.2. The molecular weight excluding hydrogens is 280 g/mol. The SMILES string of the molecule is ClCc1cccc(Oc2ccc(-c3ccccc3)cc2)c1. The molecular formula is C19H15ClO. The minimum Gasteiger partial charge on any atom is -0.457 e. The number of hydrogen-bond donors (Lipinski definition) is 0. The van der Waals surface area contributed by atoms with Gasteiger partial charge in [-0.05, 0) is 41.0 Å². The predicted octanol–water partition coefficient (Wildman–Crippen LogP) is 5.88. The Labute approximate surface area is 129 Å². The summed E-state index contributed by atoms with van der Waals surface area (Å²) in [7, 11) is 0. The Hall–Kier alpha value is -2.25. The van der Waals surface area contributed by atoms with Crippen molar-refractivity contribution < 1.29 is 4.74 Å². The van der Waals surface area contributed by atoms with Crippen LogP contribution in [0.15, 0.2) is 78.9 Å². The molecule has 0 amide bonds. The Morgan fingerprint density at radius 1 is 0.667 bits per heavy atom. The largest absolute Gasteiger partial charge is 0.457 e. The molecule has 0 fully saturated rings. The zero-order valence-electron chi connectivity index (χ0n) is 11.5. The van der Waals surface area contributed by atoms with E-state index in [0.29, 0.717) is 5.88 Å². The van der Waals surface area contributed by atoms with Crippen molar-refractivity contribution in [3.63, 3.8) is 0 Å². The van der Waals surface area contributed by atoms with Crippen LogP contribution in [0, 0.1) is 0 Å². The molecule has 21 heavy (non-hydrogen) atoms. The molecule has 0 spiro atoms. The zero-order valence-corrected chi connectivity index (χ0v) is 12.3. The van der Waals surface area contributed by atoms with E-state index >= 15 is 0 Å². The summed E-state index contributed by atoms with van der Waals surface area (Å²) in [6.45, 7) is 0. The van der Waals surface area contributed by atoms with Crippen molar-refractivity contribution >= 4 is 11.6 Å². The second-order valence-electron chi connectivity index (χ2n) is 4.77. The summed E-state index contributed by atoms with van der Waals surface area (Å²) >= 11 is 5.83. The molecule has 0 aromatic heterocycles. The molecule has 0 saturated carbocycles. The standard InChI is InChI=1S/C19H15ClO/c20-14-15-5-4-8-19(13-15)21-18-11-9-17(10-12-18)16-6-2-1-3-7-16/h1-13H,14H2. The molecule has 3 aromatic carbocycles. The molecule has 0 aliphatic rings. The van der Waals surface area contributed by atoms with Crippen LogP contribution in [-0.4, -0.2) is 0 Å². The summed E-state index contributed by atoms with van der Waals surface area (Å²) < 4.78 is 5.85. The first-order valence-corrected chi connectivity index (χ1v) is 7.37. The quantitative estimate of drug-likeness (QED) is 0.546. The normalized spacial score (nSPS) is 10.3. The van der Waals surface area contributed by atoms with Crippen LogP contribution in [0.4, 0.5) is 0 Å². The molecule has 2 heteroatoms. The molecule has 0 aliphatic carbocycles. The van der Waals surface area contributed by atoms with Gasteiger partial charge in [0, 0.05) is 5.88 Å².